The van der Waals surface area contributed by atoms with Gasteiger partial charge in [-0.25, -0.2) is 0 Å². The quantitative estimate of drug-likeness (QED) is 0.678. The Kier molecular flexibility index (Phi) is 2.52. The first kappa shape index (κ1) is 9.97. The molecule has 1 N–H and O–H groups in total. The van der Waals surface area contributed by atoms with Crippen LogP contribution in [0.25, 0.3) is 0 Å². The highest BCUT2D eigenvalue weighted by molar-refractivity contribution is 5.83. The molecular formula is C11H20N2O. The molecule has 3 heteroatoms. The molecule has 14 heavy (non-hydrogen) atoms. The van der Waals surface area contributed by atoms with E-state index in [2.05, 4.69) is 24.1 Å². The highest BCUT2D eigenvalue weighted by Crippen LogP contribution is 2.37. The van der Waals surface area contributed by atoms with Crippen molar-refractivity contribution in [3.63, 3.8) is 0 Å². The Bertz CT molecular complexity index is 239. The maximum atomic E-state index is 11.8. The molecule has 3 nitrogen and oxygen atoms in total. The summed E-state index contributed by atoms with van der Waals surface area (Å²) in [7, 11) is 0. The van der Waals surface area contributed by atoms with Crippen LogP contribution >= 0.6 is 0 Å². The maximum Gasteiger partial charge on any atom is 0.227 e. The molecule has 2 saturated heterocycles. The molecule has 2 heterocycles. The van der Waals surface area contributed by atoms with E-state index in [0.29, 0.717) is 11.9 Å². The molecule has 1 amide bonds. The number of carbonyl (C=O) groups excluding carboxylic acids is 1. The van der Waals surface area contributed by atoms with E-state index >= 15 is 0 Å². The third-order valence-corrected chi connectivity index (χ3v) is 3.71. The predicted molar refractivity (Wildman–Crippen MR) is 56.0 cm³/mol. The molecule has 0 aromatic rings. The first-order valence-electron chi connectivity index (χ1n) is 5.66. The number of amides is 1. The van der Waals surface area contributed by atoms with Gasteiger partial charge in [-0.1, -0.05) is 0 Å². The molecule has 0 aromatic heterocycles. The van der Waals surface area contributed by atoms with Crippen LogP contribution in [0.3, 0.4) is 0 Å². The zero-order valence-corrected chi connectivity index (χ0v) is 9.18. The second-order valence-corrected chi connectivity index (χ2v) is 4.95. The lowest BCUT2D eigenvalue weighted by Crippen LogP contribution is -2.47. The van der Waals surface area contributed by atoms with Crippen molar-refractivity contribution in [2.45, 2.75) is 39.2 Å². The van der Waals surface area contributed by atoms with Gasteiger partial charge in [0.25, 0.3) is 0 Å². The molecule has 1 spiro atoms. The van der Waals surface area contributed by atoms with Crippen LogP contribution in [0.15, 0.2) is 0 Å². The van der Waals surface area contributed by atoms with Gasteiger partial charge >= 0.3 is 0 Å². The third-order valence-electron chi connectivity index (χ3n) is 3.71. The van der Waals surface area contributed by atoms with Gasteiger partial charge in [-0.05, 0) is 39.7 Å². The number of likely N-dealkylation sites (tertiary alicyclic amines) is 1. The van der Waals surface area contributed by atoms with Crippen LogP contribution in [0.2, 0.25) is 0 Å². The summed E-state index contributed by atoms with van der Waals surface area (Å²) in [5.74, 6) is 0.298. The van der Waals surface area contributed by atoms with Gasteiger partial charge in [0, 0.05) is 19.1 Å². The van der Waals surface area contributed by atoms with E-state index in [1.165, 1.54) is 0 Å². The largest absolute Gasteiger partial charge is 0.356 e. The minimum atomic E-state index is -0.0392. The van der Waals surface area contributed by atoms with Crippen molar-refractivity contribution in [1.82, 2.24) is 10.2 Å². The molecule has 1 atom stereocenters. The van der Waals surface area contributed by atoms with Gasteiger partial charge in [-0.3, -0.25) is 9.69 Å². The highest BCUT2D eigenvalue weighted by atomic mass is 16.2. The number of carbonyl (C=O) groups is 1. The van der Waals surface area contributed by atoms with E-state index in [0.717, 1.165) is 38.9 Å². The van der Waals surface area contributed by atoms with Crippen molar-refractivity contribution in [2.24, 2.45) is 5.41 Å². The van der Waals surface area contributed by atoms with Gasteiger partial charge in [0.15, 0.2) is 0 Å². The van der Waals surface area contributed by atoms with Gasteiger partial charge < -0.3 is 5.32 Å². The lowest BCUT2D eigenvalue weighted by Gasteiger charge is -2.33. The monoisotopic (exact) mass is 196 g/mol. The summed E-state index contributed by atoms with van der Waals surface area (Å²) in [6.07, 6.45) is 3.29. The number of nitrogens with one attached hydrogen (secondary N) is 1. The average Bonchev–Trinajstić information content (AvgIpc) is 2.56. The molecule has 0 aromatic carbocycles. The lowest BCUT2D eigenvalue weighted by molar-refractivity contribution is -0.132. The molecule has 0 saturated carbocycles. The van der Waals surface area contributed by atoms with E-state index in [-0.39, 0.29) is 5.41 Å². The smallest absolute Gasteiger partial charge is 0.227 e. The van der Waals surface area contributed by atoms with Gasteiger partial charge in [-0.15, -0.1) is 0 Å². The van der Waals surface area contributed by atoms with Crippen molar-refractivity contribution < 1.29 is 4.79 Å². The van der Waals surface area contributed by atoms with Crippen LogP contribution in [-0.2, 0) is 4.79 Å². The molecule has 0 bridgehead atoms. The summed E-state index contributed by atoms with van der Waals surface area (Å²) in [6.45, 7) is 7.35. The van der Waals surface area contributed by atoms with Crippen LogP contribution in [-0.4, -0.2) is 36.5 Å². The second kappa shape index (κ2) is 3.54. The third kappa shape index (κ3) is 1.54. The molecule has 0 aliphatic carbocycles. The fourth-order valence-corrected chi connectivity index (χ4v) is 2.66. The fraction of sp³-hybridized carbons (Fsp3) is 0.909. The van der Waals surface area contributed by atoms with Gasteiger partial charge in [-0.2, -0.15) is 0 Å². The van der Waals surface area contributed by atoms with Crippen LogP contribution in [0.1, 0.15) is 33.1 Å². The molecule has 2 fully saturated rings. The second-order valence-electron chi connectivity index (χ2n) is 4.95. The molecule has 2 rings (SSSR count). The van der Waals surface area contributed by atoms with Gasteiger partial charge in [0.1, 0.15) is 0 Å². The van der Waals surface area contributed by atoms with Crippen LogP contribution < -0.4 is 5.32 Å². The highest BCUT2D eigenvalue weighted by Gasteiger charge is 2.45. The molecular weight excluding hydrogens is 176 g/mol. The Labute approximate surface area is 85.8 Å². The number of hydrogen-bond acceptors (Lipinski definition) is 2. The van der Waals surface area contributed by atoms with Crippen molar-refractivity contribution in [3.05, 3.63) is 0 Å². The van der Waals surface area contributed by atoms with E-state index in [1.54, 1.807) is 0 Å². The Morgan fingerprint density at radius 2 is 2.21 bits per heavy atom. The number of hydrogen-bond donors (Lipinski definition) is 1. The number of rotatable bonds is 1. The number of piperidine rings is 1. The molecule has 2 aliphatic rings. The minimum Gasteiger partial charge on any atom is -0.356 e. The first-order valence-corrected chi connectivity index (χ1v) is 5.66. The van der Waals surface area contributed by atoms with E-state index in [4.69, 9.17) is 0 Å². The summed E-state index contributed by atoms with van der Waals surface area (Å²) >= 11 is 0. The lowest BCUT2D eigenvalue weighted by atomic mass is 9.79. The van der Waals surface area contributed by atoms with Gasteiger partial charge in [0.05, 0.1) is 5.41 Å². The molecule has 2 aliphatic heterocycles. The SMILES string of the molecule is CC(C)N1CC[C@]2(CCCNC2=O)C1. The Morgan fingerprint density at radius 3 is 2.79 bits per heavy atom. The van der Waals surface area contributed by atoms with E-state index in [9.17, 15) is 4.79 Å². The van der Waals surface area contributed by atoms with E-state index in [1.807, 2.05) is 0 Å². The zero-order valence-electron chi connectivity index (χ0n) is 9.18. The van der Waals surface area contributed by atoms with Crippen molar-refractivity contribution in [2.75, 3.05) is 19.6 Å². The van der Waals surface area contributed by atoms with Crippen LogP contribution in [0, 0.1) is 5.41 Å². The zero-order chi connectivity index (χ0) is 10.2. The van der Waals surface area contributed by atoms with Crippen molar-refractivity contribution >= 4 is 5.91 Å². The summed E-state index contributed by atoms with van der Waals surface area (Å²) in [5.41, 5.74) is -0.0392. The molecule has 0 radical (unpaired) electrons. The first-order chi connectivity index (χ1) is 6.64. The van der Waals surface area contributed by atoms with E-state index < -0.39 is 0 Å². The summed E-state index contributed by atoms with van der Waals surface area (Å²) in [4.78, 5) is 14.3. The molecule has 0 unspecified atom stereocenters. The fourth-order valence-electron chi connectivity index (χ4n) is 2.66. The topological polar surface area (TPSA) is 32.3 Å². The average molecular weight is 196 g/mol. The summed E-state index contributed by atoms with van der Waals surface area (Å²) in [5, 5.41) is 3.01. The van der Waals surface area contributed by atoms with Crippen molar-refractivity contribution in [1.29, 1.82) is 0 Å². The number of nitrogens with zero attached hydrogens (tertiary/aromatic N) is 1. The maximum absolute atomic E-state index is 11.8. The van der Waals surface area contributed by atoms with Crippen molar-refractivity contribution in [3.8, 4) is 0 Å². The summed E-state index contributed by atoms with van der Waals surface area (Å²) < 4.78 is 0. The minimum absolute atomic E-state index is 0.0392. The predicted octanol–water partition coefficient (Wildman–Crippen LogP) is 0.997. The molecule has 80 valence electrons. The van der Waals surface area contributed by atoms with Crippen LogP contribution in [0.4, 0.5) is 0 Å². The Hall–Kier alpha value is -0.570. The van der Waals surface area contributed by atoms with Crippen LogP contribution in [0.5, 0.6) is 0 Å². The van der Waals surface area contributed by atoms with Gasteiger partial charge in [0.2, 0.25) is 5.91 Å². The Morgan fingerprint density at radius 1 is 1.43 bits per heavy atom. The summed E-state index contributed by atoms with van der Waals surface area (Å²) in [6, 6.07) is 0.573. The Balaban J connectivity index is 2.07. The normalized spacial score (nSPS) is 34.1. The standard InChI is InChI=1S/C11H20N2O/c1-9(2)13-7-5-11(8-13)4-3-6-12-10(11)14/h9H,3-8H2,1-2H3,(H,12,14)/t11-/m1/s1.